The van der Waals surface area contributed by atoms with E-state index in [-0.39, 0.29) is 12.5 Å². The molecule has 0 rings (SSSR count). The molecule has 0 heterocycles. The van der Waals surface area contributed by atoms with E-state index in [1.54, 1.807) is 6.08 Å². The minimum atomic E-state index is -0.831. The Morgan fingerprint density at radius 3 is 1.27 bits per heavy atom. The highest BCUT2D eigenvalue weighted by molar-refractivity contribution is 5.76. The van der Waals surface area contributed by atoms with Gasteiger partial charge in [0.1, 0.15) is 0 Å². The molecule has 0 aliphatic heterocycles. The second kappa shape index (κ2) is 33.6. The first-order valence-corrected chi connectivity index (χ1v) is 18.4. The van der Waals surface area contributed by atoms with Crippen LogP contribution in [0, 0.1) is 0 Å². The number of hydrogen-bond donors (Lipinski definition) is 3. The maximum absolute atomic E-state index is 12.3. The molecule has 0 saturated carbocycles. The number of carbonyl (C=O) groups excluding carboxylic acids is 1. The Hall–Kier alpha value is -0.870. The molecule has 4 heteroatoms. The van der Waals surface area contributed by atoms with Gasteiger partial charge >= 0.3 is 0 Å². The molecule has 2 atom stereocenters. The average molecular weight is 580 g/mol. The highest BCUT2D eigenvalue weighted by Gasteiger charge is 2.17. The molecular formula is C37H73NO3. The van der Waals surface area contributed by atoms with Crippen molar-refractivity contribution < 1.29 is 15.0 Å². The van der Waals surface area contributed by atoms with Crippen LogP contribution in [0.3, 0.4) is 0 Å². The van der Waals surface area contributed by atoms with Crippen LogP contribution < -0.4 is 5.32 Å². The van der Waals surface area contributed by atoms with Gasteiger partial charge < -0.3 is 15.5 Å². The van der Waals surface area contributed by atoms with Gasteiger partial charge in [0, 0.05) is 6.42 Å². The molecule has 4 nitrogen and oxygen atoms in total. The highest BCUT2D eigenvalue weighted by atomic mass is 16.3. The summed E-state index contributed by atoms with van der Waals surface area (Å²) < 4.78 is 0. The molecular weight excluding hydrogens is 506 g/mol. The zero-order chi connectivity index (χ0) is 30.1. The lowest BCUT2D eigenvalue weighted by atomic mass is 10.0. The van der Waals surface area contributed by atoms with Gasteiger partial charge in [0.15, 0.2) is 0 Å². The van der Waals surface area contributed by atoms with E-state index in [9.17, 15) is 15.0 Å². The lowest BCUT2D eigenvalue weighted by Crippen LogP contribution is -2.45. The summed E-state index contributed by atoms with van der Waals surface area (Å²) >= 11 is 0. The molecule has 0 aromatic carbocycles. The summed E-state index contributed by atoms with van der Waals surface area (Å²) in [6.45, 7) is 4.30. The predicted molar refractivity (Wildman–Crippen MR) is 179 cm³/mol. The molecule has 0 spiro atoms. The number of allylic oxidation sites excluding steroid dienone is 1. The van der Waals surface area contributed by atoms with Gasteiger partial charge in [-0.2, -0.15) is 0 Å². The fourth-order valence-electron chi connectivity index (χ4n) is 5.65. The summed E-state index contributed by atoms with van der Waals surface area (Å²) in [5.74, 6) is -0.0628. The molecule has 41 heavy (non-hydrogen) atoms. The largest absolute Gasteiger partial charge is 0.394 e. The average Bonchev–Trinajstić information content (AvgIpc) is 2.97. The molecule has 0 aliphatic rings. The topological polar surface area (TPSA) is 69.6 Å². The van der Waals surface area contributed by atoms with Crippen LogP contribution in [-0.2, 0) is 4.79 Å². The zero-order valence-electron chi connectivity index (χ0n) is 27.8. The van der Waals surface area contributed by atoms with Crippen molar-refractivity contribution in [1.29, 1.82) is 0 Å². The first-order chi connectivity index (χ1) is 20.2. The van der Waals surface area contributed by atoms with Crippen LogP contribution >= 0.6 is 0 Å². The minimum Gasteiger partial charge on any atom is -0.394 e. The van der Waals surface area contributed by atoms with E-state index >= 15 is 0 Å². The van der Waals surface area contributed by atoms with Crippen molar-refractivity contribution in [2.24, 2.45) is 0 Å². The van der Waals surface area contributed by atoms with Crippen molar-refractivity contribution in [3.8, 4) is 0 Å². The van der Waals surface area contributed by atoms with Crippen molar-refractivity contribution in [3.05, 3.63) is 12.2 Å². The summed E-state index contributed by atoms with van der Waals surface area (Å²) in [5.41, 5.74) is 0. The first kappa shape index (κ1) is 40.1. The highest BCUT2D eigenvalue weighted by Crippen LogP contribution is 2.15. The van der Waals surface area contributed by atoms with Crippen LogP contribution in [0.15, 0.2) is 12.2 Å². The lowest BCUT2D eigenvalue weighted by Gasteiger charge is -2.20. The fraction of sp³-hybridized carbons (Fsp3) is 0.919. The number of nitrogens with one attached hydrogen (secondary N) is 1. The molecule has 0 aliphatic carbocycles. The van der Waals surface area contributed by atoms with Crippen LogP contribution in [0.2, 0.25) is 0 Å². The molecule has 0 saturated heterocycles. The smallest absolute Gasteiger partial charge is 0.220 e. The zero-order valence-corrected chi connectivity index (χ0v) is 27.8. The summed E-state index contributed by atoms with van der Waals surface area (Å²) in [6.07, 6.45) is 40.0. The second-order valence-corrected chi connectivity index (χ2v) is 12.7. The Labute approximate surface area is 256 Å². The molecule has 0 radical (unpaired) electrons. The fourth-order valence-corrected chi connectivity index (χ4v) is 5.65. The maximum Gasteiger partial charge on any atom is 0.220 e. The molecule has 1 amide bonds. The molecule has 0 aromatic heterocycles. The van der Waals surface area contributed by atoms with Crippen molar-refractivity contribution in [1.82, 2.24) is 5.32 Å². The van der Waals surface area contributed by atoms with E-state index < -0.39 is 12.1 Å². The minimum absolute atomic E-state index is 0.0628. The van der Waals surface area contributed by atoms with Crippen molar-refractivity contribution in [3.63, 3.8) is 0 Å². The van der Waals surface area contributed by atoms with Gasteiger partial charge in [0.25, 0.3) is 0 Å². The molecule has 0 aromatic rings. The van der Waals surface area contributed by atoms with Gasteiger partial charge in [0.2, 0.25) is 5.91 Å². The summed E-state index contributed by atoms with van der Waals surface area (Å²) in [6, 6.07) is -0.614. The van der Waals surface area contributed by atoms with Crippen LogP contribution in [0.5, 0.6) is 0 Å². The Bertz CT molecular complexity index is 550. The van der Waals surface area contributed by atoms with E-state index in [1.807, 2.05) is 6.08 Å². The third kappa shape index (κ3) is 30.4. The number of unbranched alkanes of at least 4 members (excludes halogenated alkanes) is 26. The van der Waals surface area contributed by atoms with E-state index in [4.69, 9.17) is 0 Å². The van der Waals surface area contributed by atoms with E-state index in [0.717, 1.165) is 25.7 Å². The molecule has 0 fully saturated rings. The lowest BCUT2D eigenvalue weighted by molar-refractivity contribution is -0.123. The van der Waals surface area contributed by atoms with Gasteiger partial charge in [-0.1, -0.05) is 187 Å². The van der Waals surface area contributed by atoms with Crippen LogP contribution in [0.1, 0.15) is 200 Å². The predicted octanol–water partition coefficient (Wildman–Crippen LogP) is 10.7. The van der Waals surface area contributed by atoms with Gasteiger partial charge in [0.05, 0.1) is 18.8 Å². The third-order valence-electron chi connectivity index (χ3n) is 8.52. The van der Waals surface area contributed by atoms with Gasteiger partial charge in [-0.25, -0.2) is 0 Å². The van der Waals surface area contributed by atoms with Crippen LogP contribution in [0.4, 0.5) is 0 Å². The Morgan fingerprint density at radius 2 is 0.902 bits per heavy atom. The van der Waals surface area contributed by atoms with Gasteiger partial charge in [-0.15, -0.1) is 0 Å². The Morgan fingerprint density at radius 1 is 0.561 bits per heavy atom. The number of amides is 1. The molecule has 244 valence electrons. The molecule has 3 N–H and O–H groups in total. The van der Waals surface area contributed by atoms with Gasteiger partial charge in [-0.3, -0.25) is 4.79 Å². The SMILES string of the molecule is CCCCCCCCCCCCCC=C[C@@H](O)[C@H](CO)NC(=O)CCCCCCCCCCCCCCCCCC. The quantitative estimate of drug-likeness (QED) is 0.0535. The maximum atomic E-state index is 12.3. The van der Waals surface area contributed by atoms with Crippen LogP contribution in [0.25, 0.3) is 0 Å². The number of aliphatic hydroxyl groups is 2. The van der Waals surface area contributed by atoms with Gasteiger partial charge in [-0.05, 0) is 19.3 Å². The number of aliphatic hydroxyl groups excluding tert-OH is 2. The van der Waals surface area contributed by atoms with E-state index in [1.165, 1.54) is 154 Å². The number of hydrogen-bond acceptors (Lipinski definition) is 3. The normalized spacial score (nSPS) is 13.2. The number of carbonyl (C=O) groups is 1. The molecule has 0 unspecified atom stereocenters. The van der Waals surface area contributed by atoms with Crippen molar-refractivity contribution >= 4 is 5.91 Å². The summed E-state index contributed by atoms with van der Waals surface area (Å²) in [7, 11) is 0. The molecule has 0 bridgehead atoms. The summed E-state index contributed by atoms with van der Waals surface area (Å²) in [5, 5.41) is 22.9. The second-order valence-electron chi connectivity index (χ2n) is 12.7. The van der Waals surface area contributed by atoms with Crippen molar-refractivity contribution in [2.75, 3.05) is 6.61 Å². The first-order valence-electron chi connectivity index (χ1n) is 18.4. The Kier molecular flexibility index (Phi) is 32.9. The van der Waals surface area contributed by atoms with Crippen LogP contribution in [-0.4, -0.2) is 34.9 Å². The third-order valence-corrected chi connectivity index (χ3v) is 8.52. The summed E-state index contributed by atoms with van der Waals surface area (Å²) in [4.78, 5) is 12.3. The van der Waals surface area contributed by atoms with Crippen molar-refractivity contribution in [2.45, 2.75) is 212 Å². The van der Waals surface area contributed by atoms with E-state index in [0.29, 0.717) is 6.42 Å². The standard InChI is InChI=1S/C37H73NO3/c1-3-5-7-9-11-13-15-17-18-19-21-23-25-27-29-31-33-37(41)38-35(34-39)36(40)32-30-28-26-24-22-20-16-14-12-10-8-6-4-2/h30,32,35-36,39-40H,3-29,31,33-34H2,1-2H3,(H,38,41)/t35-,36+/m0/s1. The van der Waals surface area contributed by atoms with E-state index in [2.05, 4.69) is 19.2 Å². The monoisotopic (exact) mass is 580 g/mol. The number of rotatable bonds is 33. The Balaban J connectivity index is 3.58.